The highest BCUT2D eigenvalue weighted by Gasteiger charge is 2.24. The van der Waals surface area contributed by atoms with Crippen molar-refractivity contribution in [2.24, 2.45) is 0 Å². The number of methoxy groups -OCH3 is 1. The average Bonchev–Trinajstić information content (AvgIpc) is 3.04. The number of ether oxygens (including phenoxy) is 1. The molecule has 7 heteroatoms. The van der Waals surface area contributed by atoms with Gasteiger partial charge >= 0.3 is 0 Å². The van der Waals surface area contributed by atoms with Gasteiger partial charge in [-0.2, -0.15) is 0 Å². The fourth-order valence-electron chi connectivity index (χ4n) is 2.93. The Bertz CT molecular complexity index is 1010. The summed E-state index contributed by atoms with van der Waals surface area (Å²) in [5.41, 5.74) is 0.862. The van der Waals surface area contributed by atoms with Gasteiger partial charge in [-0.05, 0) is 32.2 Å². The van der Waals surface area contributed by atoms with Crippen LogP contribution < -0.4 is 10.1 Å². The van der Waals surface area contributed by atoms with Crippen molar-refractivity contribution in [3.8, 4) is 5.75 Å². The smallest absolute Gasteiger partial charge is 0.268 e. The highest BCUT2D eigenvalue weighted by molar-refractivity contribution is 7.90. The van der Waals surface area contributed by atoms with Gasteiger partial charge in [0.25, 0.3) is 10.0 Å². The molecule has 0 saturated heterocycles. The Morgan fingerprint density at radius 3 is 2.48 bits per heavy atom. The normalized spacial score (nSPS) is 13.1. The second-order valence-electron chi connectivity index (χ2n) is 5.68. The summed E-state index contributed by atoms with van der Waals surface area (Å²) in [6, 6.07) is 10.7. The molecular weight excluding hydrogens is 343 g/mol. The molecule has 0 amide bonds. The highest BCUT2D eigenvalue weighted by Crippen LogP contribution is 2.37. The zero-order chi connectivity index (χ0) is 18.2. The summed E-state index contributed by atoms with van der Waals surface area (Å²) in [6.07, 6.45) is 1.44. The van der Waals surface area contributed by atoms with Gasteiger partial charge in [0.2, 0.25) is 0 Å². The first-order valence-electron chi connectivity index (χ1n) is 7.77. The van der Waals surface area contributed by atoms with Crippen LogP contribution in [0.4, 0.5) is 4.39 Å². The molecule has 0 saturated carbocycles. The Morgan fingerprint density at radius 1 is 1.20 bits per heavy atom. The fourth-order valence-corrected chi connectivity index (χ4v) is 4.29. The molecule has 1 N–H and O–H groups in total. The highest BCUT2D eigenvalue weighted by atomic mass is 32.2. The molecule has 3 aromatic rings. The molecule has 1 heterocycles. The lowest BCUT2D eigenvalue weighted by atomic mass is 10.0. The number of halogens is 1. The van der Waals surface area contributed by atoms with E-state index in [-0.39, 0.29) is 22.2 Å². The maximum Gasteiger partial charge on any atom is 0.268 e. The molecule has 132 valence electrons. The van der Waals surface area contributed by atoms with E-state index < -0.39 is 15.8 Å². The van der Waals surface area contributed by atoms with Crippen LogP contribution in [0.25, 0.3) is 10.9 Å². The molecule has 25 heavy (non-hydrogen) atoms. The van der Waals surface area contributed by atoms with E-state index in [4.69, 9.17) is 4.74 Å². The van der Waals surface area contributed by atoms with Crippen molar-refractivity contribution in [2.75, 3.05) is 14.2 Å². The number of fused-ring (bicyclic) bond motifs is 1. The molecule has 3 rings (SSSR count). The van der Waals surface area contributed by atoms with E-state index in [9.17, 15) is 12.8 Å². The van der Waals surface area contributed by atoms with Gasteiger partial charge in [-0.1, -0.05) is 18.2 Å². The average molecular weight is 362 g/mol. The summed E-state index contributed by atoms with van der Waals surface area (Å²) in [6.45, 7) is 1.86. The number of hydrogen-bond acceptors (Lipinski definition) is 4. The third-order valence-electron chi connectivity index (χ3n) is 4.28. The van der Waals surface area contributed by atoms with Crippen LogP contribution in [0.15, 0.2) is 53.6 Å². The summed E-state index contributed by atoms with van der Waals surface area (Å²) in [7, 11) is -0.674. The first-order chi connectivity index (χ1) is 11.9. The van der Waals surface area contributed by atoms with E-state index in [1.54, 1.807) is 31.3 Å². The number of nitrogens with zero attached hydrogens (tertiary/aromatic N) is 1. The number of aromatic nitrogens is 1. The van der Waals surface area contributed by atoms with Gasteiger partial charge in [0.1, 0.15) is 0 Å². The zero-order valence-electron chi connectivity index (χ0n) is 14.2. The minimum Gasteiger partial charge on any atom is -0.493 e. The minimum absolute atomic E-state index is 0.115. The predicted octanol–water partition coefficient (Wildman–Crippen LogP) is 3.31. The van der Waals surface area contributed by atoms with Gasteiger partial charge in [0.15, 0.2) is 11.6 Å². The monoisotopic (exact) mass is 362 g/mol. The van der Waals surface area contributed by atoms with Gasteiger partial charge in [-0.3, -0.25) is 0 Å². The lowest BCUT2D eigenvalue weighted by molar-refractivity contribution is 0.377. The number of nitrogens with one attached hydrogen (secondary N) is 1. The van der Waals surface area contributed by atoms with E-state index in [0.717, 1.165) is 3.97 Å². The third-order valence-corrected chi connectivity index (χ3v) is 5.98. The van der Waals surface area contributed by atoms with E-state index in [1.807, 2.05) is 6.92 Å². The topological polar surface area (TPSA) is 60.3 Å². The maximum atomic E-state index is 14.6. The molecule has 0 radical (unpaired) electrons. The molecule has 0 aliphatic heterocycles. The van der Waals surface area contributed by atoms with Crippen molar-refractivity contribution >= 4 is 20.9 Å². The van der Waals surface area contributed by atoms with Crippen molar-refractivity contribution < 1.29 is 17.5 Å². The van der Waals surface area contributed by atoms with Crippen LogP contribution in [0.1, 0.15) is 18.5 Å². The molecule has 1 atom stereocenters. The fraction of sp³-hybridized carbons (Fsp3) is 0.222. The molecular formula is C18H19FN2O3S. The molecule has 5 nitrogen and oxygen atoms in total. The molecule has 1 unspecified atom stereocenters. The summed E-state index contributed by atoms with van der Waals surface area (Å²) < 4.78 is 46.7. The van der Waals surface area contributed by atoms with Crippen molar-refractivity contribution in [1.29, 1.82) is 0 Å². The lowest BCUT2D eigenvalue weighted by Crippen LogP contribution is -2.15. The van der Waals surface area contributed by atoms with E-state index in [0.29, 0.717) is 10.9 Å². The van der Waals surface area contributed by atoms with E-state index in [1.165, 1.54) is 31.5 Å². The second-order valence-corrected chi connectivity index (χ2v) is 7.49. The van der Waals surface area contributed by atoms with Crippen molar-refractivity contribution in [1.82, 2.24) is 9.29 Å². The van der Waals surface area contributed by atoms with Gasteiger partial charge in [-0.25, -0.2) is 16.8 Å². The first kappa shape index (κ1) is 17.4. The minimum atomic E-state index is -3.82. The quantitative estimate of drug-likeness (QED) is 0.756. The number of rotatable bonds is 5. The lowest BCUT2D eigenvalue weighted by Gasteiger charge is -2.17. The van der Waals surface area contributed by atoms with E-state index in [2.05, 4.69) is 5.32 Å². The SMILES string of the molecule is CNC(C)c1c(OC)c(F)cc2c1ccn2S(=O)(=O)c1ccccc1. The van der Waals surface area contributed by atoms with Gasteiger partial charge in [0, 0.05) is 29.3 Å². The summed E-state index contributed by atoms with van der Waals surface area (Å²) in [4.78, 5) is 0.145. The Balaban J connectivity index is 2.32. The van der Waals surface area contributed by atoms with Gasteiger partial charge in [0.05, 0.1) is 17.5 Å². The van der Waals surface area contributed by atoms with Crippen LogP contribution >= 0.6 is 0 Å². The van der Waals surface area contributed by atoms with Crippen LogP contribution in [-0.4, -0.2) is 26.5 Å². The molecule has 0 aliphatic rings. The van der Waals surface area contributed by atoms with Crippen LogP contribution in [-0.2, 0) is 10.0 Å². The van der Waals surface area contributed by atoms with Crippen molar-refractivity contribution in [3.05, 3.63) is 60.0 Å². The van der Waals surface area contributed by atoms with Crippen molar-refractivity contribution in [2.45, 2.75) is 17.9 Å². The maximum absolute atomic E-state index is 14.6. The third kappa shape index (κ3) is 2.79. The Morgan fingerprint density at radius 2 is 1.88 bits per heavy atom. The van der Waals surface area contributed by atoms with Crippen molar-refractivity contribution in [3.63, 3.8) is 0 Å². The van der Waals surface area contributed by atoms with Crippen LogP contribution in [0, 0.1) is 5.82 Å². The first-order valence-corrected chi connectivity index (χ1v) is 9.21. The van der Waals surface area contributed by atoms with E-state index >= 15 is 0 Å². The Labute approximate surface area is 146 Å². The van der Waals surface area contributed by atoms with Gasteiger partial charge in [-0.15, -0.1) is 0 Å². The second kappa shape index (κ2) is 6.50. The zero-order valence-corrected chi connectivity index (χ0v) is 15.0. The molecule has 0 bridgehead atoms. The Hall–Kier alpha value is -2.38. The molecule has 0 fully saturated rings. The molecule has 0 spiro atoms. The predicted molar refractivity (Wildman–Crippen MR) is 94.9 cm³/mol. The number of hydrogen-bond donors (Lipinski definition) is 1. The van der Waals surface area contributed by atoms with Crippen LogP contribution in [0.5, 0.6) is 5.75 Å². The molecule has 0 aliphatic carbocycles. The van der Waals surface area contributed by atoms with Crippen LogP contribution in [0.2, 0.25) is 0 Å². The number of benzene rings is 2. The largest absolute Gasteiger partial charge is 0.493 e. The Kier molecular flexibility index (Phi) is 4.53. The van der Waals surface area contributed by atoms with Gasteiger partial charge < -0.3 is 10.1 Å². The standard InChI is InChI=1S/C18H19FN2O3S/c1-12(20-2)17-14-9-10-21(16(14)11-15(19)18(17)24-3)25(22,23)13-7-5-4-6-8-13/h4-12,20H,1-3H3. The summed E-state index contributed by atoms with van der Waals surface area (Å²) in [5, 5.41) is 3.67. The summed E-state index contributed by atoms with van der Waals surface area (Å²) in [5.74, 6) is -0.487. The molecule has 2 aromatic carbocycles. The van der Waals surface area contributed by atoms with Crippen LogP contribution in [0.3, 0.4) is 0 Å². The molecule has 1 aromatic heterocycles. The summed E-state index contributed by atoms with van der Waals surface area (Å²) >= 11 is 0.